The van der Waals surface area contributed by atoms with Gasteiger partial charge in [0.05, 0.1) is 6.61 Å². The normalized spacial score (nSPS) is 10.9. The van der Waals surface area contributed by atoms with Crippen molar-refractivity contribution < 1.29 is 4.74 Å². The third kappa shape index (κ3) is 6.64. The highest BCUT2D eigenvalue weighted by Gasteiger charge is 2.16. The van der Waals surface area contributed by atoms with Crippen molar-refractivity contribution >= 4 is 0 Å². The minimum atomic E-state index is 0.115. The molecule has 0 bridgehead atoms. The largest absolute Gasteiger partial charge is 0.494 e. The molecule has 0 saturated carbocycles. The molecule has 0 unspecified atom stereocenters. The molecule has 0 aliphatic carbocycles. The van der Waals surface area contributed by atoms with E-state index < -0.39 is 0 Å². The fraction of sp³-hybridized carbons (Fsp3) is 0.391. The van der Waals surface area contributed by atoms with E-state index in [2.05, 4.69) is 69.1 Å². The van der Waals surface area contributed by atoms with Crippen molar-refractivity contribution in [1.29, 1.82) is 0 Å². The van der Waals surface area contributed by atoms with Gasteiger partial charge in [-0.15, -0.1) is 0 Å². The minimum absolute atomic E-state index is 0.115. The van der Waals surface area contributed by atoms with Crippen molar-refractivity contribution in [3.63, 3.8) is 0 Å². The molecule has 2 heteroatoms. The maximum absolute atomic E-state index is 5.59. The van der Waals surface area contributed by atoms with Gasteiger partial charge in [-0.05, 0) is 75.2 Å². The monoisotopic (exact) mass is 335 g/mol. The Balaban J connectivity index is 1.98. The molecule has 2 nitrogen and oxygen atoms in total. The average Bonchev–Trinajstić information content (AvgIpc) is 2.60. The van der Waals surface area contributed by atoms with E-state index >= 15 is 0 Å². The van der Waals surface area contributed by atoms with Crippen LogP contribution in [0.3, 0.4) is 0 Å². The van der Waals surface area contributed by atoms with Gasteiger partial charge in [0.25, 0.3) is 0 Å². The fourth-order valence-electron chi connectivity index (χ4n) is 2.76. The smallest absolute Gasteiger partial charge is 0.119 e. The van der Waals surface area contributed by atoms with Gasteiger partial charge < -0.3 is 10.1 Å². The average molecular weight is 335 g/mol. The fourth-order valence-corrected chi connectivity index (χ4v) is 2.76. The van der Waals surface area contributed by atoms with Gasteiger partial charge in [-0.1, -0.05) is 37.8 Å². The molecule has 0 fully saturated rings. The Morgan fingerprint density at radius 1 is 0.880 bits per heavy atom. The maximum atomic E-state index is 5.59. The minimum Gasteiger partial charge on any atom is -0.494 e. The lowest BCUT2D eigenvalue weighted by atomic mass is 9.94. The zero-order valence-corrected chi connectivity index (χ0v) is 15.9. The zero-order chi connectivity index (χ0) is 18.1. The van der Waals surface area contributed by atoms with Crippen molar-refractivity contribution in [2.75, 3.05) is 13.2 Å². The van der Waals surface area contributed by atoms with Gasteiger partial charge in [0.1, 0.15) is 5.75 Å². The van der Waals surface area contributed by atoms with Crippen LogP contribution in [0.4, 0.5) is 0 Å². The quantitative estimate of drug-likeness (QED) is 0.734. The molecule has 0 aliphatic rings. The first-order chi connectivity index (χ1) is 12.0. The van der Waals surface area contributed by atoms with Crippen LogP contribution in [0.15, 0.2) is 48.5 Å². The highest BCUT2D eigenvalue weighted by molar-refractivity contribution is 5.44. The Bertz CT molecular complexity index is 702. The molecule has 0 spiro atoms. The van der Waals surface area contributed by atoms with Crippen molar-refractivity contribution in [2.45, 2.75) is 46.1 Å². The molecular formula is C23H29NO. The van der Waals surface area contributed by atoms with E-state index in [4.69, 9.17) is 4.74 Å². The molecule has 25 heavy (non-hydrogen) atoms. The van der Waals surface area contributed by atoms with Crippen LogP contribution in [0.5, 0.6) is 5.75 Å². The number of likely N-dealkylation sites (N-methyl/N-ethyl adjacent to an activating group) is 1. The highest BCUT2D eigenvalue weighted by atomic mass is 16.5. The second-order valence-electron chi connectivity index (χ2n) is 6.91. The molecule has 0 aromatic heterocycles. The van der Waals surface area contributed by atoms with Crippen molar-refractivity contribution in [3.05, 3.63) is 65.2 Å². The van der Waals surface area contributed by atoms with Crippen LogP contribution in [-0.4, -0.2) is 18.7 Å². The van der Waals surface area contributed by atoms with Gasteiger partial charge >= 0.3 is 0 Å². The molecule has 2 rings (SSSR count). The van der Waals surface area contributed by atoms with E-state index in [0.29, 0.717) is 0 Å². The van der Waals surface area contributed by atoms with Crippen molar-refractivity contribution in [3.8, 4) is 17.6 Å². The first kappa shape index (κ1) is 19.1. The molecule has 2 aromatic carbocycles. The highest BCUT2D eigenvalue weighted by Crippen LogP contribution is 2.14. The summed E-state index contributed by atoms with van der Waals surface area (Å²) in [5, 5.41) is 3.51. The number of hydrogen-bond acceptors (Lipinski definition) is 2. The molecule has 0 aliphatic heterocycles. The predicted octanol–water partition coefficient (Wildman–Crippen LogP) is 4.81. The Labute approximate surface area is 152 Å². The lowest BCUT2D eigenvalue weighted by Crippen LogP contribution is -2.41. The summed E-state index contributed by atoms with van der Waals surface area (Å²) >= 11 is 0. The van der Waals surface area contributed by atoms with E-state index in [0.717, 1.165) is 42.9 Å². The molecule has 0 saturated heterocycles. The van der Waals surface area contributed by atoms with Crippen LogP contribution in [-0.2, 0) is 6.42 Å². The van der Waals surface area contributed by atoms with E-state index in [9.17, 15) is 0 Å². The number of rotatable bonds is 7. The third-order valence-corrected chi connectivity index (χ3v) is 3.93. The summed E-state index contributed by atoms with van der Waals surface area (Å²) in [5.74, 6) is 7.35. The van der Waals surface area contributed by atoms with Gasteiger partial charge in [0, 0.05) is 16.7 Å². The van der Waals surface area contributed by atoms with E-state index in [1.54, 1.807) is 0 Å². The first-order valence-electron chi connectivity index (χ1n) is 9.11. The summed E-state index contributed by atoms with van der Waals surface area (Å²) in [5.41, 5.74) is 3.48. The topological polar surface area (TPSA) is 21.3 Å². The van der Waals surface area contributed by atoms with E-state index in [1.807, 2.05) is 24.3 Å². The lowest BCUT2D eigenvalue weighted by Gasteiger charge is -2.25. The van der Waals surface area contributed by atoms with Gasteiger partial charge in [-0.25, -0.2) is 0 Å². The standard InChI is InChI=1S/C23H29NO/c1-5-17-25-22-15-13-20(14-16-22)8-7-19-9-11-21(12-10-19)18-23(3,4)24-6-2/h9-16,24H,5-6,17-18H2,1-4H3. The number of benzene rings is 2. The van der Waals surface area contributed by atoms with Crippen LogP contribution >= 0.6 is 0 Å². The SMILES string of the molecule is CCCOc1ccc(C#Cc2ccc(CC(C)(C)NCC)cc2)cc1. The Hall–Kier alpha value is -2.24. The summed E-state index contributed by atoms with van der Waals surface area (Å²) < 4.78 is 5.59. The van der Waals surface area contributed by atoms with Gasteiger partial charge in [0.2, 0.25) is 0 Å². The van der Waals surface area contributed by atoms with Gasteiger partial charge in [0.15, 0.2) is 0 Å². The Morgan fingerprint density at radius 2 is 1.44 bits per heavy atom. The van der Waals surface area contributed by atoms with Crippen molar-refractivity contribution in [1.82, 2.24) is 5.32 Å². The molecule has 1 N–H and O–H groups in total. The number of hydrogen-bond donors (Lipinski definition) is 1. The summed E-state index contributed by atoms with van der Waals surface area (Å²) in [6.45, 7) is 10.5. The summed E-state index contributed by atoms with van der Waals surface area (Å²) in [6, 6.07) is 16.5. The Kier molecular flexibility index (Phi) is 7.10. The molecule has 0 amide bonds. The van der Waals surface area contributed by atoms with Crippen LogP contribution in [0, 0.1) is 11.8 Å². The number of nitrogens with one attached hydrogen (secondary N) is 1. The van der Waals surface area contributed by atoms with E-state index in [1.165, 1.54) is 5.56 Å². The molecule has 0 radical (unpaired) electrons. The van der Waals surface area contributed by atoms with Gasteiger partial charge in [-0.2, -0.15) is 0 Å². The Morgan fingerprint density at radius 3 is 1.96 bits per heavy atom. The maximum Gasteiger partial charge on any atom is 0.119 e. The van der Waals surface area contributed by atoms with Crippen LogP contribution in [0.1, 0.15) is 50.8 Å². The number of ether oxygens (including phenoxy) is 1. The second-order valence-corrected chi connectivity index (χ2v) is 6.91. The summed E-state index contributed by atoms with van der Waals surface area (Å²) in [4.78, 5) is 0. The van der Waals surface area contributed by atoms with Gasteiger partial charge in [-0.3, -0.25) is 0 Å². The predicted molar refractivity (Wildman–Crippen MR) is 106 cm³/mol. The van der Waals surface area contributed by atoms with Crippen molar-refractivity contribution in [2.24, 2.45) is 0 Å². The first-order valence-corrected chi connectivity index (χ1v) is 9.11. The summed E-state index contributed by atoms with van der Waals surface area (Å²) in [7, 11) is 0. The van der Waals surface area contributed by atoms with Crippen LogP contribution < -0.4 is 10.1 Å². The zero-order valence-electron chi connectivity index (χ0n) is 15.9. The molecular weight excluding hydrogens is 306 g/mol. The molecule has 132 valence electrons. The molecule has 0 atom stereocenters. The summed E-state index contributed by atoms with van der Waals surface area (Å²) in [6.07, 6.45) is 2.02. The lowest BCUT2D eigenvalue weighted by molar-refractivity contribution is 0.317. The molecule has 2 aromatic rings. The van der Waals surface area contributed by atoms with E-state index in [-0.39, 0.29) is 5.54 Å². The molecule has 0 heterocycles. The van der Waals surface area contributed by atoms with Crippen LogP contribution in [0.2, 0.25) is 0 Å². The van der Waals surface area contributed by atoms with Crippen LogP contribution in [0.25, 0.3) is 0 Å². The third-order valence-electron chi connectivity index (χ3n) is 3.93. The second kappa shape index (κ2) is 9.30.